The molecule has 1 aromatic heterocycles. The number of aromatic nitrogens is 1. The van der Waals surface area contributed by atoms with Gasteiger partial charge in [0.25, 0.3) is 11.5 Å². The van der Waals surface area contributed by atoms with E-state index in [1.54, 1.807) is 60.9 Å². The van der Waals surface area contributed by atoms with Crippen molar-refractivity contribution in [3.8, 4) is 0 Å². The second kappa shape index (κ2) is 18.4. The van der Waals surface area contributed by atoms with Crippen molar-refractivity contribution in [3.05, 3.63) is 106 Å². The Labute approximate surface area is 341 Å². The highest BCUT2D eigenvalue weighted by Crippen LogP contribution is 2.48. The van der Waals surface area contributed by atoms with E-state index in [9.17, 15) is 28.8 Å². The minimum Gasteiger partial charge on any atom is -0.458 e. The van der Waals surface area contributed by atoms with Gasteiger partial charge in [0.1, 0.15) is 22.8 Å². The number of piperidine rings is 1. The monoisotopic (exact) mass is 797 g/mol. The van der Waals surface area contributed by atoms with E-state index in [1.165, 1.54) is 10.6 Å². The van der Waals surface area contributed by atoms with Crippen molar-refractivity contribution in [1.82, 2.24) is 25.4 Å². The Bertz CT molecular complexity index is 2010. The Balaban J connectivity index is 1.33. The molecule has 58 heavy (non-hydrogen) atoms. The molecule has 312 valence electrons. The van der Waals surface area contributed by atoms with Crippen LogP contribution in [-0.2, 0) is 36.3 Å². The third-order valence-corrected chi connectivity index (χ3v) is 10.7. The number of pyridine rings is 1. The number of esters is 1. The zero-order chi connectivity index (χ0) is 42.3. The van der Waals surface area contributed by atoms with Crippen molar-refractivity contribution in [2.75, 3.05) is 19.6 Å². The Kier molecular flexibility index (Phi) is 13.9. The lowest BCUT2D eigenvalue weighted by Crippen LogP contribution is -2.54. The molecular formula is C45H59N5O8. The first-order valence-electron chi connectivity index (χ1n) is 20.3. The quantitative estimate of drug-likeness (QED) is 0.160. The first kappa shape index (κ1) is 43.7. The maximum absolute atomic E-state index is 15.0. The third-order valence-electron chi connectivity index (χ3n) is 10.7. The van der Waals surface area contributed by atoms with Crippen LogP contribution in [0.2, 0.25) is 0 Å². The summed E-state index contributed by atoms with van der Waals surface area (Å²) in [6.45, 7) is 11.9. The number of benzene rings is 2. The predicted molar refractivity (Wildman–Crippen MR) is 220 cm³/mol. The van der Waals surface area contributed by atoms with E-state index in [4.69, 9.17) is 9.47 Å². The first-order chi connectivity index (χ1) is 27.4. The normalized spacial score (nSPS) is 18.9. The molecule has 3 atom stereocenters. The number of aryl methyl sites for hydroxylation is 1. The molecule has 2 heterocycles. The maximum Gasteiger partial charge on any atom is 0.407 e. The third kappa shape index (κ3) is 10.7. The van der Waals surface area contributed by atoms with Gasteiger partial charge >= 0.3 is 12.1 Å². The number of ether oxygens (including phenoxy) is 2. The topological polar surface area (TPSA) is 165 Å². The highest BCUT2D eigenvalue weighted by atomic mass is 16.6. The number of nitrogens with one attached hydrogen (secondary N) is 3. The molecule has 4 amide bonds. The summed E-state index contributed by atoms with van der Waals surface area (Å²) in [4.78, 5) is 82.4. The molecular weight excluding hydrogens is 739 g/mol. The lowest BCUT2D eigenvalue weighted by atomic mass is 9.62. The lowest BCUT2D eigenvalue weighted by molar-refractivity contribution is -0.159. The van der Waals surface area contributed by atoms with Gasteiger partial charge in [0.05, 0.1) is 11.3 Å². The van der Waals surface area contributed by atoms with E-state index in [0.717, 1.165) is 11.1 Å². The van der Waals surface area contributed by atoms with E-state index < -0.39 is 46.5 Å². The van der Waals surface area contributed by atoms with Gasteiger partial charge < -0.3 is 34.9 Å². The van der Waals surface area contributed by atoms with Gasteiger partial charge in [-0.1, -0.05) is 54.6 Å². The Hall–Kier alpha value is -5.46. The molecule has 0 unspecified atom stereocenters. The fourth-order valence-electron chi connectivity index (χ4n) is 7.87. The molecule has 13 nitrogen and oxygen atoms in total. The smallest absolute Gasteiger partial charge is 0.407 e. The molecule has 1 aliphatic heterocycles. The van der Waals surface area contributed by atoms with Crippen molar-refractivity contribution in [1.29, 1.82) is 0 Å². The summed E-state index contributed by atoms with van der Waals surface area (Å²) in [5, 5.41) is 8.81. The lowest BCUT2D eigenvalue weighted by Gasteiger charge is -2.43. The summed E-state index contributed by atoms with van der Waals surface area (Å²) in [6, 6.07) is 19.1. The highest BCUT2D eigenvalue weighted by Gasteiger charge is 2.50. The average Bonchev–Trinajstić information content (AvgIpc) is 3.16. The van der Waals surface area contributed by atoms with Crippen LogP contribution in [0.3, 0.4) is 0 Å². The van der Waals surface area contributed by atoms with Crippen molar-refractivity contribution >= 4 is 29.8 Å². The summed E-state index contributed by atoms with van der Waals surface area (Å²) in [6.07, 6.45) is 4.20. The molecule has 13 heteroatoms. The number of unbranched alkanes of at least 4 members (excludes halogenated alkanes) is 1. The van der Waals surface area contributed by atoms with Crippen molar-refractivity contribution in [3.63, 3.8) is 0 Å². The predicted octanol–water partition coefficient (Wildman–Crippen LogP) is 5.49. The Morgan fingerprint density at radius 3 is 2.16 bits per heavy atom. The number of rotatable bonds is 12. The molecule has 0 radical (unpaired) electrons. The van der Waals surface area contributed by atoms with Gasteiger partial charge in [-0.15, -0.1) is 0 Å². The van der Waals surface area contributed by atoms with E-state index in [2.05, 4.69) is 16.0 Å². The summed E-state index contributed by atoms with van der Waals surface area (Å²) in [5.41, 5.74) is -0.692. The number of fused-ring (bicyclic) bond motifs is 1. The fourth-order valence-corrected chi connectivity index (χ4v) is 7.87. The number of carbonyl (C=O) groups is 5. The Morgan fingerprint density at radius 2 is 1.48 bits per heavy atom. The van der Waals surface area contributed by atoms with Crippen LogP contribution in [0.5, 0.6) is 0 Å². The fraction of sp³-hybridized carbons (Fsp3) is 0.511. The number of nitrogens with zero attached hydrogens (tertiary/aromatic N) is 2. The largest absolute Gasteiger partial charge is 0.458 e. The van der Waals surface area contributed by atoms with Gasteiger partial charge in [-0.2, -0.15) is 0 Å². The van der Waals surface area contributed by atoms with Crippen molar-refractivity contribution < 1.29 is 33.4 Å². The first-order valence-corrected chi connectivity index (χ1v) is 20.3. The molecule has 0 saturated carbocycles. The standard InChI is InChI=1S/C45H59N5O8/c1-43(2,3)57-40(54)36(21-13-14-26-46-42(56)58-44(4,5)6)48-41(55)45(30-16-9-8-10-17-30)25-22-33(32-18-11-12-20-35(32)45)39(53)50-28-23-31(24-29-50)47-37(51)34-19-15-27-49(7)38(34)52/h8-12,15-20,27,31,33,36H,13-14,21-26,28-29H2,1-7H3,(H,46,56)(H,47,51)(H,48,55)/t33-,36-,45+/m0/s1. The molecule has 2 aromatic carbocycles. The van der Waals surface area contributed by atoms with Gasteiger partial charge in [-0.05, 0) is 115 Å². The second-order valence-corrected chi connectivity index (χ2v) is 17.3. The molecule has 3 aromatic rings. The van der Waals surface area contributed by atoms with Crippen LogP contribution in [0, 0.1) is 0 Å². The number of hydrogen-bond donors (Lipinski definition) is 3. The van der Waals surface area contributed by atoms with E-state index in [1.807, 2.05) is 59.5 Å². The van der Waals surface area contributed by atoms with Crippen molar-refractivity contribution in [2.24, 2.45) is 7.05 Å². The van der Waals surface area contributed by atoms with Crippen LogP contribution in [0.1, 0.15) is 119 Å². The molecule has 5 rings (SSSR count). The van der Waals surface area contributed by atoms with E-state index in [0.29, 0.717) is 63.7 Å². The van der Waals surface area contributed by atoms with Gasteiger partial charge in [0.15, 0.2) is 0 Å². The van der Waals surface area contributed by atoms with Crippen molar-refractivity contribution in [2.45, 2.75) is 121 Å². The number of alkyl carbamates (subject to hydrolysis) is 1. The summed E-state index contributed by atoms with van der Waals surface area (Å²) in [7, 11) is 1.60. The number of carbonyl (C=O) groups excluding carboxylic acids is 5. The van der Waals surface area contributed by atoms with Gasteiger partial charge in [0.2, 0.25) is 11.8 Å². The van der Waals surface area contributed by atoms with Gasteiger partial charge in [-0.25, -0.2) is 9.59 Å². The zero-order valence-electron chi connectivity index (χ0n) is 34.9. The van der Waals surface area contributed by atoms with E-state index in [-0.39, 0.29) is 35.4 Å². The van der Waals surface area contributed by atoms with Crippen LogP contribution in [0.15, 0.2) is 77.7 Å². The highest BCUT2D eigenvalue weighted by molar-refractivity contribution is 5.97. The molecule has 0 bridgehead atoms. The van der Waals surface area contributed by atoms with Gasteiger partial charge in [0, 0.05) is 38.9 Å². The van der Waals surface area contributed by atoms with Crippen LogP contribution >= 0.6 is 0 Å². The molecule has 2 aliphatic rings. The Morgan fingerprint density at radius 1 is 0.828 bits per heavy atom. The van der Waals surface area contributed by atoms with Crippen LogP contribution in [0.4, 0.5) is 4.79 Å². The summed E-state index contributed by atoms with van der Waals surface area (Å²) in [5.74, 6) is -1.87. The molecule has 1 saturated heterocycles. The molecule has 0 spiro atoms. The summed E-state index contributed by atoms with van der Waals surface area (Å²) >= 11 is 0. The molecule has 1 aliphatic carbocycles. The van der Waals surface area contributed by atoms with Crippen LogP contribution in [0.25, 0.3) is 0 Å². The number of amides is 4. The van der Waals surface area contributed by atoms with E-state index >= 15 is 0 Å². The minimum absolute atomic E-state index is 0.0390. The number of likely N-dealkylation sites (tertiary alicyclic amines) is 1. The zero-order valence-corrected chi connectivity index (χ0v) is 34.9. The summed E-state index contributed by atoms with van der Waals surface area (Å²) < 4.78 is 12.5. The molecule has 1 fully saturated rings. The second-order valence-electron chi connectivity index (χ2n) is 17.3. The van der Waals surface area contributed by atoms with Crippen LogP contribution in [-0.4, -0.2) is 82.2 Å². The van der Waals surface area contributed by atoms with Gasteiger partial charge in [-0.3, -0.25) is 19.2 Å². The number of hydrogen-bond acceptors (Lipinski definition) is 8. The average molecular weight is 798 g/mol. The minimum atomic E-state index is -1.21. The SMILES string of the molecule is Cn1cccc(C(=O)NC2CCN(C(=O)[C@H]3CC[C@@](C(=O)N[C@@H](CCCCNC(=O)OC(C)(C)C)C(=O)OC(C)(C)C)(c4ccccc4)c4ccccc43)CC2)c1=O. The van der Waals surface area contributed by atoms with Crippen LogP contribution < -0.4 is 21.5 Å². The maximum atomic E-state index is 15.0. The molecule has 3 N–H and O–H groups in total.